The number of pyridine rings is 1. The zero-order chi connectivity index (χ0) is 10.4. The van der Waals surface area contributed by atoms with Crippen molar-refractivity contribution in [3.05, 3.63) is 49.3 Å². The van der Waals surface area contributed by atoms with E-state index in [9.17, 15) is 5.11 Å². The molecule has 74 valence electrons. The summed E-state index contributed by atoms with van der Waals surface area (Å²) in [5.41, 5.74) is 1.58. The number of hydrogen-bond acceptors (Lipinski definition) is 3. The molecule has 0 saturated heterocycles. The first-order valence-corrected chi connectivity index (χ1v) is 4.39. The fourth-order valence-corrected chi connectivity index (χ4v) is 1.12. The highest BCUT2D eigenvalue weighted by Crippen LogP contribution is 2.21. The molecule has 1 atom stereocenters. The van der Waals surface area contributed by atoms with Gasteiger partial charge in [0.05, 0.1) is 18.0 Å². The van der Waals surface area contributed by atoms with Crippen molar-refractivity contribution in [1.29, 1.82) is 0 Å². The third kappa shape index (κ3) is 2.44. The smallest absolute Gasteiger partial charge is 0.0990 e. The minimum Gasteiger partial charge on any atom is -0.384 e. The number of rotatable bonds is 5. The van der Waals surface area contributed by atoms with Crippen LogP contribution in [-0.4, -0.2) is 16.6 Å². The molecule has 0 aliphatic rings. The van der Waals surface area contributed by atoms with Gasteiger partial charge < -0.3 is 10.4 Å². The normalized spacial score (nSPS) is 11.8. The maximum Gasteiger partial charge on any atom is 0.0990 e. The second kappa shape index (κ2) is 5.19. The highest BCUT2D eigenvalue weighted by molar-refractivity contribution is 5.51. The first-order chi connectivity index (χ1) is 6.79. The molecule has 0 spiro atoms. The van der Waals surface area contributed by atoms with Gasteiger partial charge in [0.25, 0.3) is 0 Å². The van der Waals surface area contributed by atoms with E-state index in [4.69, 9.17) is 0 Å². The molecule has 1 unspecified atom stereocenters. The van der Waals surface area contributed by atoms with Gasteiger partial charge in [0.1, 0.15) is 0 Å². The van der Waals surface area contributed by atoms with Gasteiger partial charge in [-0.05, 0) is 6.07 Å². The average Bonchev–Trinajstić information content (AvgIpc) is 2.25. The highest BCUT2D eigenvalue weighted by atomic mass is 16.3. The molecule has 0 amide bonds. The van der Waals surface area contributed by atoms with E-state index >= 15 is 0 Å². The Kier molecular flexibility index (Phi) is 3.88. The van der Waals surface area contributed by atoms with Gasteiger partial charge in [0, 0.05) is 18.3 Å². The summed E-state index contributed by atoms with van der Waals surface area (Å²) in [4.78, 5) is 3.97. The Hall–Kier alpha value is -1.61. The van der Waals surface area contributed by atoms with E-state index in [1.54, 1.807) is 24.5 Å². The third-order valence-corrected chi connectivity index (χ3v) is 1.83. The quantitative estimate of drug-likeness (QED) is 0.697. The molecule has 0 saturated carbocycles. The second-order valence-electron chi connectivity index (χ2n) is 2.81. The van der Waals surface area contributed by atoms with Crippen LogP contribution in [0.2, 0.25) is 0 Å². The fourth-order valence-electron chi connectivity index (χ4n) is 1.12. The minimum absolute atomic E-state index is 0.641. The summed E-state index contributed by atoms with van der Waals surface area (Å²) in [7, 11) is 0. The van der Waals surface area contributed by atoms with Gasteiger partial charge in [-0.25, -0.2) is 0 Å². The Balaban J connectivity index is 2.90. The van der Waals surface area contributed by atoms with Crippen LogP contribution >= 0.6 is 0 Å². The van der Waals surface area contributed by atoms with Crippen LogP contribution in [0.25, 0.3) is 0 Å². The molecule has 1 rings (SSSR count). The van der Waals surface area contributed by atoms with Crippen molar-refractivity contribution in [2.45, 2.75) is 6.10 Å². The standard InChI is InChI=1S/C11H14N2O/c1-3-6-13-10-8-12-7-5-9(10)11(14)4-2/h3-5,7-8,11,13-14H,1-2,6H2. The molecule has 0 radical (unpaired) electrons. The molecule has 0 aliphatic carbocycles. The number of aromatic nitrogens is 1. The van der Waals surface area contributed by atoms with Gasteiger partial charge in [-0.1, -0.05) is 12.2 Å². The first kappa shape index (κ1) is 10.5. The largest absolute Gasteiger partial charge is 0.384 e. The van der Waals surface area contributed by atoms with Crippen LogP contribution in [0.15, 0.2) is 43.8 Å². The molecule has 2 N–H and O–H groups in total. The second-order valence-corrected chi connectivity index (χ2v) is 2.81. The summed E-state index contributed by atoms with van der Waals surface area (Å²) >= 11 is 0. The maximum absolute atomic E-state index is 9.60. The van der Waals surface area contributed by atoms with E-state index in [2.05, 4.69) is 23.5 Å². The Morgan fingerprint density at radius 3 is 3.00 bits per heavy atom. The molecule has 0 aromatic carbocycles. The van der Waals surface area contributed by atoms with Gasteiger partial charge in [-0.15, -0.1) is 13.2 Å². The predicted molar refractivity (Wildman–Crippen MR) is 58.1 cm³/mol. The lowest BCUT2D eigenvalue weighted by atomic mass is 10.1. The van der Waals surface area contributed by atoms with Crippen LogP contribution in [0.1, 0.15) is 11.7 Å². The molecule has 3 heteroatoms. The molecule has 14 heavy (non-hydrogen) atoms. The first-order valence-electron chi connectivity index (χ1n) is 4.39. The molecule has 0 bridgehead atoms. The molecule has 1 aromatic heterocycles. The van der Waals surface area contributed by atoms with Gasteiger partial charge in [0.15, 0.2) is 0 Å². The van der Waals surface area contributed by atoms with E-state index in [0.29, 0.717) is 6.54 Å². The fraction of sp³-hybridized carbons (Fsp3) is 0.182. The van der Waals surface area contributed by atoms with Crippen molar-refractivity contribution in [3.8, 4) is 0 Å². The summed E-state index contributed by atoms with van der Waals surface area (Å²) in [6, 6.07) is 1.76. The van der Waals surface area contributed by atoms with E-state index < -0.39 is 6.10 Å². The van der Waals surface area contributed by atoms with Crippen molar-refractivity contribution >= 4 is 5.69 Å². The maximum atomic E-state index is 9.60. The van der Waals surface area contributed by atoms with E-state index in [0.717, 1.165) is 11.3 Å². The van der Waals surface area contributed by atoms with Crippen LogP contribution in [0.5, 0.6) is 0 Å². The zero-order valence-electron chi connectivity index (χ0n) is 7.98. The number of aliphatic hydroxyl groups excluding tert-OH is 1. The van der Waals surface area contributed by atoms with Crippen molar-refractivity contribution in [3.63, 3.8) is 0 Å². The predicted octanol–water partition coefficient (Wildman–Crippen LogP) is 1.90. The number of anilines is 1. The molecule has 1 heterocycles. The zero-order valence-corrected chi connectivity index (χ0v) is 7.98. The van der Waals surface area contributed by atoms with Crippen molar-refractivity contribution < 1.29 is 5.11 Å². The molecule has 1 aromatic rings. The lowest BCUT2D eigenvalue weighted by Crippen LogP contribution is -2.04. The number of nitrogens with zero attached hydrogens (tertiary/aromatic N) is 1. The molecule has 0 aliphatic heterocycles. The van der Waals surface area contributed by atoms with Crippen molar-refractivity contribution in [2.75, 3.05) is 11.9 Å². The summed E-state index contributed by atoms with van der Waals surface area (Å²) in [5.74, 6) is 0. The van der Waals surface area contributed by atoms with Gasteiger partial charge in [-0.3, -0.25) is 4.98 Å². The molecule has 0 fully saturated rings. The average molecular weight is 190 g/mol. The summed E-state index contributed by atoms with van der Waals surface area (Å²) in [5, 5.41) is 12.7. The van der Waals surface area contributed by atoms with Gasteiger partial charge >= 0.3 is 0 Å². The Morgan fingerprint density at radius 1 is 1.57 bits per heavy atom. The van der Waals surface area contributed by atoms with Crippen molar-refractivity contribution in [1.82, 2.24) is 4.98 Å². The van der Waals surface area contributed by atoms with E-state index in [1.807, 2.05) is 0 Å². The van der Waals surface area contributed by atoms with Crippen LogP contribution in [0.4, 0.5) is 5.69 Å². The van der Waals surface area contributed by atoms with E-state index in [1.165, 1.54) is 6.08 Å². The van der Waals surface area contributed by atoms with Gasteiger partial charge in [0.2, 0.25) is 0 Å². The lowest BCUT2D eigenvalue weighted by Gasteiger charge is -2.12. The molecular formula is C11H14N2O. The number of aliphatic hydroxyl groups is 1. The highest BCUT2D eigenvalue weighted by Gasteiger charge is 2.07. The van der Waals surface area contributed by atoms with E-state index in [-0.39, 0.29) is 0 Å². The Morgan fingerprint density at radius 2 is 2.36 bits per heavy atom. The molecular weight excluding hydrogens is 176 g/mol. The summed E-state index contributed by atoms with van der Waals surface area (Å²) in [6.07, 6.45) is 5.88. The van der Waals surface area contributed by atoms with Crippen LogP contribution in [0, 0.1) is 0 Å². The summed E-state index contributed by atoms with van der Waals surface area (Å²) in [6.45, 7) is 7.79. The minimum atomic E-state index is -0.662. The topological polar surface area (TPSA) is 45.2 Å². The SMILES string of the molecule is C=CCNc1cnccc1C(O)C=C. The molecule has 3 nitrogen and oxygen atoms in total. The monoisotopic (exact) mass is 190 g/mol. The van der Waals surface area contributed by atoms with Gasteiger partial charge in [-0.2, -0.15) is 0 Å². The number of nitrogens with one attached hydrogen (secondary N) is 1. The third-order valence-electron chi connectivity index (χ3n) is 1.83. The van der Waals surface area contributed by atoms with Crippen LogP contribution in [-0.2, 0) is 0 Å². The van der Waals surface area contributed by atoms with Crippen molar-refractivity contribution in [2.24, 2.45) is 0 Å². The van der Waals surface area contributed by atoms with Crippen LogP contribution in [0.3, 0.4) is 0 Å². The summed E-state index contributed by atoms with van der Waals surface area (Å²) < 4.78 is 0. The lowest BCUT2D eigenvalue weighted by molar-refractivity contribution is 0.229. The van der Waals surface area contributed by atoms with Crippen LogP contribution < -0.4 is 5.32 Å². The number of hydrogen-bond donors (Lipinski definition) is 2. The Labute approximate surface area is 83.8 Å². The Bertz CT molecular complexity index is 323.